The standard InChI is InChI=1S/C14H24N2O4S/c1-10(17)15-13(11-5-3-4-6-11)14(18)16(2)12-7-8-21(19,20)9-12/h11-13H,3-9H2,1-2H3,(H,15,17)/t12-,13-/m1/s1. The summed E-state index contributed by atoms with van der Waals surface area (Å²) in [5.74, 6) is -0.0234. The quantitative estimate of drug-likeness (QED) is 0.810. The highest BCUT2D eigenvalue weighted by atomic mass is 32.2. The van der Waals surface area contributed by atoms with Crippen molar-refractivity contribution >= 4 is 21.7 Å². The number of hydrogen-bond acceptors (Lipinski definition) is 4. The van der Waals surface area contributed by atoms with Crippen LogP contribution in [-0.4, -0.2) is 55.8 Å². The van der Waals surface area contributed by atoms with Crippen molar-refractivity contribution in [3.63, 3.8) is 0 Å². The van der Waals surface area contributed by atoms with Gasteiger partial charge in [-0.15, -0.1) is 0 Å². The lowest BCUT2D eigenvalue weighted by Gasteiger charge is -2.31. The van der Waals surface area contributed by atoms with Crippen molar-refractivity contribution < 1.29 is 18.0 Å². The van der Waals surface area contributed by atoms with Gasteiger partial charge < -0.3 is 10.2 Å². The van der Waals surface area contributed by atoms with Crippen LogP contribution in [0.2, 0.25) is 0 Å². The molecule has 1 saturated heterocycles. The summed E-state index contributed by atoms with van der Waals surface area (Å²) in [6.07, 6.45) is 4.52. The number of hydrogen-bond donors (Lipinski definition) is 1. The van der Waals surface area contributed by atoms with E-state index in [0.29, 0.717) is 6.42 Å². The predicted molar refractivity (Wildman–Crippen MR) is 79.4 cm³/mol. The molecule has 120 valence electrons. The number of likely N-dealkylation sites (N-methyl/N-ethyl adjacent to an activating group) is 1. The fourth-order valence-electron chi connectivity index (χ4n) is 3.37. The molecule has 1 heterocycles. The van der Waals surface area contributed by atoms with E-state index in [4.69, 9.17) is 0 Å². The number of sulfone groups is 1. The average molecular weight is 316 g/mol. The molecule has 7 heteroatoms. The summed E-state index contributed by atoms with van der Waals surface area (Å²) in [4.78, 5) is 25.6. The molecule has 0 spiro atoms. The lowest BCUT2D eigenvalue weighted by atomic mass is 9.96. The highest BCUT2D eigenvalue weighted by Crippen LogP contribution is 2.29. The van der Waals surface area contributed by atoms with E-state index >= 15 is 0 Å². The van der Waals surface area contributed by atoms with Crippen molar-refractivity contribution in [1.82, 2.24) is 10.2 Å². The molecular formula is C14H24N2O4S. The second-order valence-electron chi connectivity index (χ2n) is 6.23. The van der Waals surface area contributed by atoms with Crippen LogP contribution in [0.5, 0.6) is 0 Å². The zero-order valence-electron chi connectivity index (χ0n) is 12.7. The summed E-state index contributed by atoms with van der Waals surface area (Å²) in [6.45, 7) is 1.41. The van der Waals surface area contributed by atoms with Crippen LogP contribution >= 0.6 is 0 Å². The van der Waals surface area contributed by atoms with Gasteiger partial charge in [0, 0.05) is 20.0 Å². The Kier molecular flexibility index (Phi) is 4.91. The molecular weight excluding hydrogens is 292 g/mol. The fourth-order valence-corrected chi connectivity index (χ4v) is 5.15. The van der Waals surface area contributed by atoms with Crippen molar-refractivity contribution in [3.05, 3.63) is 0 Å². The number of carbonyl (C=O) groups is 2. The van der Waals surface area contributed by atoms with E-state index in [1.807, 2.05) is 0 Å². The summed E-state index contributed by atoms with van der Waals surface area (Å²) in [7, 11) is -1.37. The minimum Gasteiger partial charge on any atom is -0.344 e. The van der Waals surface area contributed by atoms with Gasteiger partial charge in [-0.2, -0.15) is 0 Å². The Bertz CT molecular complexity index is 511. The first-order valence-electron chi connectivity index (χ1n) is 7.54. The minimum absolute atomic E-state index is 0.0344. The van der Waals surface area contributed by atoms with E-state index in [2.05, 4.69) is 5.32 Å². The second-order valence-corrected chi connectivity index (χ2v) is 8.46. The van der Waals surface area contributed by atoms with E-state index in [-0.39, 0.29) is 35.3 Å². The van der Waals surface area contributed by atoms with Gasteiger partial charge in [0.25, 0.3) is 0 Å². The van der Waals surface area contributed by atoms with Crippen LogP contribution in [0.4, 0.5) is 0 Å². The van der Waals surface area contributed by atoms with Crippen LogP contribution in [0.15, 0.2) is 0 Å². The lowest BCUT2D eigenvalue weighted by molar-refractivity contribution is -0.137. The van der Waals surface area contributed by atoms with Crippen molar-refractivity contribution in [2.24, 2.45) is 5.92 Å². The molecule has 0 unspecified atom stereocenters. The summed E-state index contributed by atoms with van der Waals surface area (Å²) >= 11 is 0. The van der Waals surface area contributed by atoms with Crippen LogP contribution in [-0.2, 0) is 19.4 Å². The van der Waals surface area contributed by atoms with Crippen LogP contribution in [0.25, 0.3) is 0 Å². The van der Waals surface area contributed by atoms with Gasteiger partial charge in [-0.1, -0.05) is 12.8 Å². The second kappa shape index (κ2) is 6.34. The van der Waals surface area contributed by atoms with Crippen molar-refractivity contribution in [2.75, 3.05) is 18.6 Å². The number of amides is 2. The van der Waals surface area contributed by atoms with Crippen molar-refractivity contribution in [3.8, 4) is 0 Å². The lowest BCUT2D eigenvalue weighted by Crippen LogP contribution is -2.53. The summed E-state index contributed by atoms with van der Waals surface area (Å²) < 4.78 is 23.1. The Labute approximate surface area is 126 Å². The third-order valence-electron chi connectivity index (χ3n) is 4.60. The molecule has 0 aromatic carbocycles. The molecule has 0 radical (unpaired) electrons. The largest absolute Gasteiger partial charge is 0.344 e. The summed E-state index contributed by atoms with van der Waals surface area (Å²) in [5.41, 5.74) is 0. The Morgan fingerprint density at radius 3 is 2.29 bits per heavy atom. The van der Waals surface area contributed by atoms with Gasteiger partial charge in [0.05, 0.1) is 11.5 Å². The molecule has 1 N–H and O–H groups in total. The van der Waals surface area contributed by atoms with Gasteiger partial charge in [0.15, 0.2) is 9.84 Å². The molecule has 2 rings (SSSR count). The van der Waals surface area contributed by atoms with Crippen LogP contribution < -0.4 is 5.32 Å². The predicted octanol–water partition coefficient (Wildman–Crippen LogP) is 0.327. The first kappa shape index (κ1) is 16.3. The summed E-state index contributed by atoms with van der Waals surface area (Å²) in [6, 6.07) is -0.779. The first-order chi connectivity index (χ1) is 9.80. The average Bonchev–Trinajstić information content (AvgIpc) is 3.03. The van der Waals surface area contributed by atoms with Crippen LogP contribution in [0.3, 0.4) is 0 Å². The molecule has 1 aliphatic carbocycles. The Morgan fingerprint density at radius 1 is 1.19 bits per heavy atom. The molecule has 2 fully saturated rings. The zero-order valence-corrected chi connectivity index (χ0v) is 13.5. The molecule has 21 heavy (non-hydrogen) atoms. The zero-order chi connectivity index (χ0) is 15.6. The van der Waals surface area contributed by atoms with Crippen LogP contribution in [0, 0.1) is 5.92 Å². The highest BCUT2D eigenvalue weighted by molar-refractivity contribution is 7.91. The molecule has 2 atom stereocenters. The monoisotopic (exact) mass is 316 g/mol. The molecule has 0 bridgehead atoms. The van der Waals surface area contributed by atoms with Gasteiger partial charge in [-0.25, -0.2) is 8.42 Å². The SMILES string of the molecule is CC(=O)N[C@@H](C(=O)N(C)[C@@H]1CCS(=O)(=O)C1)C1CCCC1. The number of nitrogens with one attached hydrogen (secondary N) is 1. The van der Waals surface area contributed by atoms with E-state index in [1.54, 1.807) is 7.05 Å². The maximum Gasteiger partial charge on any atom is 0.245 e. The number of carbonyl (C=O) groups excluding carboxylic acids is 2. The maximum atomic E-state index is 12.7. The van der Waals surface area contributed by atoms with E-state index in [1.165, 1.54) is 11.8 Å². The van der Waals surface area contributed by atoms with Crippen molar-refractivity contribution in [1.29, 1.82) is 0 Å². The third kappa shape index (κ3) is 3.96. The third-order valence-corrected chi connectivity index (χ3v) is 6.35. The number of nitrogens with zero attached hydrogens (tertiary/aromatic N) is 1. The molecule has 2 amide bonds. The van der Waals surface area contributed by atoms with E-state index in [9.17, 15) is 18.0 Å². The molecule has 0 aromatic heterocycles. The normalized spacial score (nSPS) is 26.5. The van der Waals surface area contributed by atoms with Gasteiger partial charge in [0.2, 0.25) is 11.8 Å². The van der Waals surface area contributed by atoms with Gasteiger partial charge in [-0.05, 0) is 25.2 Å². The van der Waals surface area contributed by atoms with Gasteiger partial charge in [0.1, 0.15) is 6.04 Å². The molecule has 2 aliphatic rings. The van der Waals surface area contributed by atoms with Gasteiger partial charge in [-0.3, -0.25) is 9.59 Å². The van der Waals surface area contributed by atoms with E-state index in [0.717, 1.165) is 25.7 Å². The topological polar surface area (TPSA) is 83.6 Å². The van der Waals surface area contributed by atoms with Gasteiger partial charge >= 0.3 is 0 Å². The molecule has 1 saturated carbocycles. The Hall–Kier alpha value is -1.11. The number of rotatable bonds is 4. The Morgan fingerprint density at radius 2 is 1.81 bits per heavy atom. The molecule has 6 nitrogen and oxygen atoms in total. The maximum absolute atomic E-state index is 12.7. The fraction of sp³-hybridized carbons (Fsp3) is 0.857. The van der Waals surface area contributed by atoms with E-state index < -0.39 is 15.9 Å². The highest BCUT2D eigenvalue weighted by Gasteiger charge is 2.38. The minimum atomic E-state index is -3.02. The van der Waals surface area contributed by atoms with Crippen LogP contribution in [0.1, 0.15) is 39.0 Å². The summed E-state index contributed by atoms with van der Waals surface area (Å²) in [5, 5.41) is 2.77. The Balaban J connectivity index is 2.08. The van der Waals surface area contributed by atoms with Crippen molar-refractivity contribution in [2.45, 2.75) is 51.1 Å². The molecule has 1 aliphatic heterocycles. The smallest absolute Gasteiger partial charge is 0.245 e. The molecule has 0 aromatic rings. The first-order valence-corrected chi connectivity index (χ1v) is 9.36.